The fraction of sp³-hybridized carbons (Fsp3) is 0.263. The van der Waals surface area contributed by atoms with Gasteiger partial charge in [-0.1, -0.05) is 46.3 Å². The highest BCUT2D eigenvalue weighted by Gasteiger charge is 2.37. The van der Waals surface area contributed by atoms with Crippen LogP contribution in [0.4, 0.5) is 19.0 Å². The van der Waals surface area contributed by atoms with Gasteiger partial charge in [-0.3, -0.25) is 18.7 Å². The zero-order valence-corrected chi connectivity index (χ0v) is 29.8. The number of carbonyl (C=O) groups is 2. The highest BCUT2D eigenvalue weighted by atomic mass is 79.9. The lowest BCUT2D eigenvalue weighted by Gasteiger charge is -2.34. The number of amides is 2. The number of rotatable bonds is 9. The van der Waals surface area contributed by atoms with Gasteiger partial charge in [-0.25, -0.2) is 9.78 Å². The Labute approximate surface area is 305 Å². The molecule has 0 unspecified atom stereocenters. The van der Waals surface area contributed by atoms with E-state index in [4.69, 9.17) is 4.74 Å². The van der Waals surface area contributed by atoms with Gasteiger partial charge < -0.3 is 20.3 Å². The molecule has 0 saturated heterocycles. The number of halogens is 4. The van der Waals surface area contributed by atoms with Crippen LogP contribution in [-0.4, -0.2) is 50.0 Å². The standard InChI is InChI=1S/C38H34BrF3N6O4/c1-22-20-47-32(21-46(22)36(50)23-10-17-30(39)29(18-23)38(40,41)42)34(48(37(47)51)25-11-13-26(14-12-25)52-27-15-16-27)35(49)44-19-24-6-3-4-7-28(24)31-8-5-9-33(43-2)45-31/h3-14,17-18,22,27H,15-16,19-21H2,1-2H3,(H,43,45)(H,44,49)/t22-/m0/s1. The maximum absolute atomic E-state index is 14.3. The molecule has 10 nitrogen and oxygen atoms in total. The van der Waals surface area contributed by atoms with Crippen LogP contribution >= 0.6 is 15.9 Å². The molecule has 2 aliphatic rings. The van der Waals surface area contributed by atoms with E-state index in [1.807, 2.05) is 42.5 Å². The van der Waals surface area contributed by atoms with Crippen LogP contribution in [0.3, 0.4) is 0 Å². The van der Waals surface area contributed by atoms with E-state index in [1.54, 1.807) is 38.2 Å². The van der Waals surface area contributed by atoms with Crippen LogP contribution in [0.2, 0.25) is 0 Å². The maximum Gasteiger partial charge on any atom is 0.417 e. The quantitative estimate of drug-likeness (QED) is 0.166. The maximum atomic E-state index is 14.3. The third kappa shape index (κ3) is 6.94. The van der Waals surface area contributed by atoms with Crippen molar-refractivity contribution in [3.63, 3.8) is 0 Å². The molecule has 7 rings (SSSR count). The number of aromatic nitrogens is 3. The number of nitrogens with zero attached hydrogens (tertiary/aromatic N) is 4. The van der Waals surface area contributed by atoms with Crippen molar-refractivity contribution in [1.82, 2.24) is 24.3 Å². The summed E-state index contributed by atoms with van der Waals surface area (Å²) in [5.41, 5.74) is 1.36. The molecule has 1 saturated carbocycles. The normalized spacial score (nSPS) is 15.6. The first-order valence-corrected chi connectivity index (χ1v) is 17.5. The van der Waals surface area contributed by atoms with Crippen molar-refractivity contribution >= 4 is 33.6 Å². The largest absolute Gasteiger partial charge is 0.490 e. The molecule has 0 spiro atoms. The lowest BCUT2D eigenvalue weighted by atomic mass is 10.0. The zero-order chi connectivity index (χ0) is 36.7. The molecule has 0 bridgehead atoms. The first-order chi connectivity index (χ1) is 24.9. The summed E-state index contributed by atoms with van der Waals surface area (Å²) < 4.78 is 49.7. The Kier molecular flexibility index (Phi) is 9.42. The van der Waals surface area contributed by atoms with Crippen LogP contribution in [-0.2, 0) is 25.8 Å². The van der Waals surface area contributed by atoms with E-state index in [2.05, 4.69) is 31.5 Å². The second-order valence-electron chi connectivity index (χ2n) is 12.8. The Morgan fingerprint density at radius 2 is 1.75 bits per heavy atom. The number of pyridine rings is 1. The number of benzene rings is 3. The number of hydrogen-bond donors (Lipinski definition) is 2. The highest BCUT2D eigenvalue weighted by Crippen LogP contribution is 2.36. The third-order valence-corrected chi connectivity index (χ3v) is 9.89. The summed E-state index contributed by atoms with van der Waals surface area (Å²) in [5.74, 6) is 0.0938. The van der Waals surface area contributed by atoms with E-state index in [0.29, 0.717) is 22.9 Å². The van der Waals surface area contributed by atoms with Crippen molar-refractivity contribution in [2.24, 2.45) is 0 Å². The minimum Gasteiger partial charge on any atom is -0.490 e. The number of alkyl halides is 3. The Morgan fingerprint density at radius 3 is 2.46 bits per heavy atom. The number of hydrogen-bond acceptors (Lipinski definition) is 6. The minimum absolute atomic E-state index is 0.0186. The van der Waals surface area contributed by atoms with Crippen LogP contribution in [0.25, 0.3) is 16.9 Å². The Hall–Kier alpha value is -5.37. The Morgan fingerprint density at radius 1 is 1.00 bits per heavy atom. The van der Waals surface area contributed by atoms with Gasteiger partial charge in [0.15, 0.2) is 0 Å². The zero-order valence-electron chi connectivity index (χ0n) is 28.2. The van der Waals surface area contributed by atoms with Crippen LogP contribution in [0, 0.1) is 0 Å². The van der Waals surface area contributed by atoms with Gasteiger partial charge in [0, 0.05) is 41.8 Å². The summed E-state index contributed by atoms with van der Waals surface area (Å²) in [7, 11) is 1.78. The summed E-state index contributed by atoms with van der Waals surface area (Å²) in [5, 5.41) is 6.01. The number of fused-ring (bicyclic) bond motifs is 1. The van der Waals surface area contributed by atoms with Gasteiger partial charge in [-0.15, -0.1) is 0 Å². The molecule has 0 radical (unpaired) electrons. The van der Waals surface area contributed by atoms with Crippen molar-refractivity contribution in [3.8, 4) is 22.7 Å². The van der Waals surface area contributed by atoms with E-state index >= 15 is 0 Å². The van der Waals surface area contributed by atoms with Crippen molar-refractivity contribution in [2.45, 2.75) is 57.7 Å². The molecule has 52 heavy (non-hydrogen) atoms. The molecule has 1 atom stereocenters. The van der Waals surface area contributed by atoms with E-state index in [0.717, 1.165) is 30.0 Å². The van der Waals surface area contributed by atoms with E-state index in [-0.39, 0.29) is 47.2 Å². The van der Waals surface area contributed by atoms with Crippen LogP contribution < -0.4 is 21.1 Å². The van der Waals surface area contributed by atoms with Gasteiger partial charge in [0.2, 0.25) is 0 Å². The van der Waals surface area contributed by atoms with Gasteiger partial charge in [-0.2, -0.15) is 13.2 Å². The van der Waals surface area contributed by atoms with Gasteiger partial charge in [0.05, 0.1) is 35.3 Å². The summed E-state index contributed by atoms with van der Waals surface area (Å²) in [6, 6.07) is 22.7. The number of imidazole rings is 1. The summed E-state index contributed by atoms with van der Waals surface area (Å²) in [6.07, 6.45) is -2.57. The number of carbonyl (C=O) groups excluding carboxylic acids is 2. The molecule has 1 aliphatic heterocycles. The van der Waals surface area contributed by atoms with Crippen LogP contribution in [0.1, 0.15) is 57.4 Å². The number of nitrogens with one attached hydrogen (secondary N) is 2. The van der Waals surface area contributed by atoms with Gasteiger partial charge >= 0.3 is 11.9 Å². The van der Waals surface area contributed by atoms with Crippen molar-refractivity contribution in [1.29, 1.82) is 0 Å². The highest BCUT2D eigenvalue weighted by molar-refractivity contribution is 9.10. The molecule has 2 N–H and O–H groups in total. The lowest BCUT2D eigenvalue weighted by molar-refractivity contribution is -0.138. The Bertz CT molecular complexity index is 2230. The first-order valence-electron chi connectivity index (χ1n) is 16.7. The predicted octanol–water partition coefficient (Wildman–Crippen LogP) is 7.04. The average molecular weight is 776 g/mol. The molecule has 5 aromatic rings. The predicted molar refractivity (Wildman–Crippen MR) is 193 cm³/mol. The van der Waals surface area contributed by atoms with E-state index in [1.165, 1.54) is 26.2 Å². The fourth-order valence-corrected chi connectivity index (χ4v) is 6.83. The molecule has 268 valence electrons. The topological polar surface area (TPSA) is 110 Å². The van der Waals surface area contributed by atoms with Gasteiger partial charge in [-0.05, 0) is 79.9 Å². The first kappa shape index (κ1) is 35.1. The molecule has 1 aliphatic carbocycles. The van der Waals surface area contributed by atoms with Gasteiger partial charge in [0.25, 0.3) is 11.8 Å². The summed E-state index contributed by atoms with van der Waals surface area (Å²) >= 11 is 2.93. The van der Waals surface area contributed by atoms with Crippen LogP contribution in [0.15, 0.2) is 94.2 Å². The number of anilines is 1. The van der Waals surface area contributed by atoms with Crippen molar-refractivity contribution in [2.75, 3.05) is 12.4 Å². The summed E-state index contributed by atoms with van der Waals surface area (Å²) in [4.78, 5) is 48.3. The second kappa shape index (κ2) is 14.0. The number of ether oxygens (including phenoxy) is 1. The Balaban J connectivity index is 1.25. The lowest BCUT2D eigenvalue weighted by Crippen LogP contribution is -2.47. The molecule has 1 fully saturated rings. The third-order valence-electron chi connectivity index (χ3n) is 9.20. The minimum atomic E-state index is -4.69. The molecule has 2 aromatic heterocycles. The fourth-order valence-electron chi connectivity index (χ4n) is 6.36. The molecule has 3 heterocycles. The molecule has 3 aromatic carbocycles. The van der Waals surface area contributed by atoms with Crippen molar-refractivity contribution in [3.05, 3.63) is 128 Å². The second-order valence-corrected chi connectivity index (χ2v) is 13.7. The van der Waals surface area contributed by atoms with Crippen molar-refractivity contribution < 1.29 is 27.5 Å². The van der Waals surface area contributed by atoms with Crippen LogP contribution in [0.5, 0.6) is 5.75 Å². The molecular formula is C38H34BrF3N6O4. The summed E-state index contributed by atoms with van der Waals surface area (Å²) in [6.45, 7) is 1.63. The van der Waals surface area contributed by atoms with Gasteiger partial charge in [0.1, 0.15) is 17.3 Å². The average Bonchev–Trinajstić information content (AvgIpc) is 3.92. The molecular weight excluding hydrogens is 741 g/mol. The van der Waals surface area contributed by atoms with E-state index < -0.39 is 35.3 Å². The SMILES string of the molecule is CNc1cccc(-c2ccccc2CNC(=O)c2c3n(c(=O)n2-c2ccc(OC4CC4)cc2)C[C@H](C)N(C(=O)c2ccc(Br)c(C(F)(F)F)c2)C3)n1. The molecule has 2 amide bonds. The van der Waals surface area contributed by atoms with E-state index in [9.17, 15) is 27.6 Å². The molecule has 14 heteroatoms. The monoisotopic (exact) mass is 774 g/mol. The smallest absolute Gasteiger partial charge is 0.417 e.